The monoisotopic (exact) mass is 299 g/mol. The maximum atomic E-state index is 4.52. The molecule has 0 aliphatic heterocycles. The fraction of sp³-hybridized carbons (Fsp3) is 0.412. The molecule has 0 fully saturated rings. The summed E-state index contributed by atoms with van der Waals surface area (Å²) in [5.74, 6) is 1.47. The standard InChI is InChI=1S/C17H25N5/c1-13-7-5-8-14(2)16(13)20-15-9-11-19-17(21-15)18-10-6-12-22(3)4/h5,7-9,11H,6,10,12H2,1-4H3,(H2,18,19,20,21). The van der Waals surface area contributed by atoms with Gasteiger partial charge in [-0.3, -0.25) is 0 Å². The van der Waals surface area contributed by atoms with Gasteiger partial charge >= 0.3 is 0 Å². The zero-order valence-corrected chi connectivity index (χ0v) is 13.8. The lowest BCUT2D eigenvalue weighted by Crippen LogP contribution is -2.17. The van der Waals surface area contributed by atoms with Crippen LogP contribution in [0.5, 0.6) is 0 Å². The molecule has 0 saturated heterocycles. The maximum absolute atomic E-state index is 4.52. The molecule has 1 heterocycles. The number of aryl methyl sites for hydroxylation is 2. The van der Waals surface area contributed by atoms with Crippen molar-refractivity contribution in [3.8, 4) is 0 Å². The number of benzene rings is 1. The zero-order chi connectivity index (χ0) is 15.9. The molecule has 2 rings (SSSR count). The molecule has 5 heteroatoms. The van der Waals surface area contributed by atoms with Gasteiger partial charge in [0.15, 0.2) is 0 Å². The van der Waals surface area contributed by atoms with E-state index < -0.39 is 0 Å². The Kier molecular flexibility index (Phi) is 5.72. The van der Waals surface area contributed by atoms with Crippen molar-refractivity contribution < 1.29 is 0 Å². The van der Waals surface area contributed by atoms with Gasteiger partial charge in [0.2, 0.25) is 5.95 Å². The topological polar surface area (TPSA) is 53.1 Å². The molecule has 0 aliphatic rings. The highest BCUT2D eigenvalue weighted by molar-refractivity contribution is 5.64. The van der Waals surface area contributed by atoms with Gasteiger partial charge in [-0.2, -0.15) is 4.98 Å². The van der Waals surface area contributed by atoms with Gasteiger partial charge in [-0.25, -0.2) is 4.98 Å². The van der Waals surface area contributed by atoms with E-state index in [4.69, 9.17) is 0 Å². The van der Waals surface area contributed by atoms with Gasteiger partial charge < -0.3 is 15.5 Å². The van der Waals surface area contributed by atoms with E-state index in [-0.39, 0.29) is 0 Å². The van der Waals surface area contributed by atoms with Crippen molar-refractivity contribution >= 4 is 17.5 Å². The Hall–Kier alpha value is -2.14. The van der Waals surface area contributed by atoms with Crippen molar-refractivity contribution in [1.29, 1.82) is 0 Å². The summed E-state index contributed by atoms with van der Waals surface area (Å²) in [6.07, 6.45) is 2.84. The molecule has 5 nitrogen and oxygen atoms in total. The zero-order valence-electron chi connectivity index (χ0n) is 13.8. The molecule has 1 aromatic heterocycles. The number of hydrogen-bond acceptors (Lipinski definition) is 5. The second-order valence-corrected chi connectivity index (χ2v) is 5.74. The Morgan fingerprint density at radius 3 is 2.50 bits per heavy atom. The average Bonchev–Trinajstić information content (AvgIpc) is 2.48. The van der Waals surface area contributed by atoms with Crippen molar-refractivity contribution in [3.05, 3.63) is 41.6 Å². The molecular weight excluding hydrogens is 274 g/mol. The number of nitrogens with one attached hydrogen (secondary N) is 2. The summed E-state index contributed by atoms with van der Waals surface area (Å²) in [7, 11) is 4.15. The Bertz CT molecular complexity index is 589. The third-order valence-electron chi connectivity index (χ3n) is 3.45. The molecule has 0 spiro atoms. The van der Waals surface area contributed by atoms with Crippen molar-refractivity contribution in [3.63, 3.8) is 0 Å². The minimum Gasteiger partial charge on any atom is -0.354 e. The number of aromatic nitrogens is 2. The maximum Gasteiger partial charge on any atom is 0.224 e. The van der Waals surface area contributed by atoms with E-state index >= 15 is 0 Å². The fourth-order valence-electron chi connectivity index (χ4n) is 2.25. The van der Waals surface area contributed by atoms with Gasteiger partial charge in [-0.15, -0.1) is 0 Å². The molecule has 0 amide bonds. The lowest BCUT2D eigenvalue weighted by atomic mass is 10.1. The Morgan fingerprint density at radius 1 is 1.09 bits per heavy atom. The van der Waals surface area contributed by atoms with E-state index in [2.05, 4.69) is 71.6 Å². The van der Waals surface area contributed by atoms with Crippen LogP contribution in [-0.4, -0.2) is 42.1 Å². The van der Waals surface area contributed by atoms with Crippen LogP contribution in [0.2, 0.25) is 0 Å². The van der Waals surface area contributed by atoms with Crippen molar-refractivity contribution in [1.82, 2.24) is 14.9 Å². The van der Waals surface area contributed by atoms with E-state index in [0.717, 1.165) is 31.0 Å². The number of anilines is 3. The second kappa shape index (κ2) is 7.75. The van der Waals surface area contributed by atoms with Gasteiger partial charge in [0.1, 0.15) is 5.82 Å². The van der Waals surface area contributed by atoms with Crippen LogP contribution in [0.3, 0.4) is 0 Å². The molecule has 118 valence electrons. The van der Waals surface area contributed by atoms with Crippen LogP contribution in [0.15, 0.2) is 30.5 Å². The first kappa shape index (κ1) is 16.2. The summed E-state index contributed by atoms with van der Waals surface area (Å²) in [5.41, 5.74) is 3.53. The molecular formula is C17H25N5. The summed E-state index contributed by atoms with van der Waals surface area (Å²) < 4.78 is 0. The van der Waals surface area contributed by atoms with E-state index in [9.17, 15) is 0 Å². The molecule has 22 heavy (non-hydrogen) atoms. The van der Waals surface area contributed by atoms with Crippen LogP contribution in [0.25, 0.3) is 0 Å². The van der Waals surface area contributed by atoms with Crippen LogP contribution in [0.4, 0.5) is 17.5 Å². The van der Waals surface area contributed by atoms with Gasteiger partial charge in [0.05, 0.1) is 0 Å². The molecule has 2 aromatic rings. The molecule has 0 unspecified atom stereocenters. The first-order valence-corrected chi connectivity index (χ1v) is 7.61. The summed E-state index contributed by atoms with van der Waals surface area (Å²) >= 11 is 0. The molecule has 0 aliphatic carbocycles. The lowest BCUT2D eigenvalue weighted by molar-refractivity contribution is 0.405. The molecule has 1 aromatic carbocycles. The van der Waals surface area contributed by atoms with Crippen LogP contribution >= 0.6 is 0 Å². The molecule has 0 radical (unpaired) electrons. The molecule has 0 bridgehead atoms. The average molecular weight is 299 g/mol. The molecule has 0 saturated carbocycles. The van der Waals surface area contributed by atoms with Crippen LogP contribution in [-0.2, 0) is 0 Å². The van der Waals surface area contributed by atoms with Crippen LogP contribution in [0.1, 0.15) is 17.5 Å². The highest BCUT2D eigenvalue weighted by Gasteiger charge is 2.04. The highest BCUT2D eigenvalue weighted by atomic mass is 15.1. The number of nitrogens with zero attached hydrogens (tertiary/aromatic N) is 3. The molecule has 2 N–H and O–H groups in total. The highest BCUT2D eigenvalue weighted by Crippen LogP contribution is 2.23. The normalized spacial score (nSPS) is 10.8. The van der Waals surface area contributed by atoms with Gasteiger partial charge in [0.25, 0.3) is 0 Å². The first-order chi connectivity index (χ1) is 10.6. The summed E-state index contributed by atoms with van der Waals surface area (Å²) in [4.78, 5) is 11.0. The Morgan fingerprint density at radius 2 is 1.82 bits per heavy atom. The second-order valence-electron chi connectivity index (χ2n) is 5.74. The third kappa shape index (κ3) is 4.70. The van der Waals surface area contributed by atoms with Crippen molar-refractivity contribution in [2.75, 3.05) is 37.8 Å². The minimum absolute atomic E-state index is 0.662. The largest absolute Gasteiger partial charge is 0.354 e. The Labute approximate surface area is 132 Å². The SMILES string of the molecule is Cc1cccc(C)c1Nc1ccnc(NCCCN(C)C)n1. The predicted octanol–water partition coefficient (Wildman–Crippen LogP) is 3.20. The van der Waals surface area contributed by atoms with E-state index in [0.29, 0.717) is 5.95 Å². The van der Waals surface area contributed by atoms with Gasteiger partial charge in [-0.1, -0.05) is 18.2 Å². The first-order valence-electron chi connectivity index (χ1n) is 7.61. The quantitative estimate of drug-likeness (QED) is 0.769. The fourth-order valence-corrected chi connectivity index (χ4v) is 2.25. The summed E-state index contributed by atoms with van der Waals surface area (Å²) in [6.45, 7) is 6.10. The number of para-hydroxylation sites is 1. The van der Waals surface area contributed by atoms with Gasteiger partial charge in [0, 0.05) is 18.4 Å². The van der Waals surface area contributed by atoms with Gasteiger partial charge in [-0.05, 0) is 58.1 Å². The Balaban J connectivity index is 1.99. The van der Waals surface area contributed by atoms with E-state index in [1.165, 1.54) is 11.1 Å². The third-order valence-corrected chi connectivity index (χ3v) is 3.45. The predicted molar refractivity (Wildman–Crippen MR) is 92.9 cm³/mol. The lowest BCUT2D eigenvalue weighted by Gasteiger charge is -2.13. The summed E-state index contributed by atoms with van der Waals surface area (Å²) in [6, 6.07) is 8.14. The van der Waals surface area contributed by atoms with Crippen LogP contribution < -0.4 is 10.6 Å². The number of rotatable bonds is 7. The van der Waals surface area contributed by atoms with Crippen molar-refractivity contribution in [2.24, 2.45) is 0 Å². The van der Waals surface area contributed by atoms with E-state index in [1.54, 1.807) is 6.20 Å². The van der Waals surface area contributed by atoms with Crippen LogP contribution in [0, 0.1) is 13.8 Å². The minimum atomic E-state index is 0.662. The van der Waals surface area contributed by atoms with E-state index in [1.807, 2.05) is 6.07 Å². The van der Waals surface area contributed by atoms with Crippen molar-refractivity contribution in [2.45, 2.75) is 20.3 Å². The molecule has 0 atom stereocenters. The smallest absolute Gasteiger partial charge is 0.224 e. The number of hydrogen-bond donors (Lipinski definition) is 2. The summed E-state index contributed by atoms with van der Waals surface area (Å²) in [5, 5.41) is 6.66.